The zero-order valence-corrected chi connectivity index (χ0v) is 21.4. The van der Waals surface area contributed by atoms with Gasteiger partial charge in [-0.2, -0.15) is 9.98 Å². The molecule has 1 fully saturated rings. The van der Waals surface area contributed by atoms with Gasteiger partial charge in [-0.25, -0.2) is 4.79 Å². The Balaban J connectivity index is 1.51. The molecule has 1 atom stereocenters. The van der Waals surface area contributed by atoms with Crippen molar-refractivity contribution in [1.82, 2.24) is 15.0 Å². The van der Waals surface area contributed by atoms with E-state index in [0.717, 1.165) is 41.5 Å². The maximum atomic E-state index is 12.2. The van der Waals surface area contributed by atoms with Crippen molar-refractivity contribution in [2.45, 2.75) is 66.0 Å². The van der Waals surface area contributed by atoms with Gasteiger partial charge < -0.3 is 18.9 Å². The fourth-order valence-corrected chi connectivity index (χ4v) is 4.10. The number of likely N-dealkylation sites (tertiary alicyclic amines) is 1. The minimum atomic E-state index is -0.596. The Kier molecular flexibility index (Phi) is 7.10. The van der Waals surface area contributed by atoms with Crippen LogP contribution in [0.4, 0.5) is 4.79 Å². The molecule has 2 aromatic carbocycles. The molecule has 8 heteroatoms. The van der Waals surface area contributed by atoms with E-state index >= 15 is 0 Å². The zero-order valence-electron chi connectivity index (χ0n) is 21.4. The standard InChI is InChI=1S/C27H34N4O4/c1-17(2)16-33-22-12-11-19-14-21(10-9-20(19)15-22)24-29-25(35-30-24)23-8-7-13-31(23)18(3)28-26(32)34-27(4,5)6/h9-12,14-15,17,23H,7-8,13,16H2,1-6H3/b28-18+/t23-/m0/s1. The number of carbonyl (C=O) groups excluding carboxylic acids is 1. The summed E-state index contributed by atoms with van der Waals surface area (Å²) in [5.41, 5.74) is 0.293. The molecule has 0 aliphatic carbocycles. The molecule has 0 unspecified atom stereocenters. The van der Waals surface area contributed by atoms with Crippen molar-refractivity contribution in [2.24, 2.45) is 10.9 Å². The van der Waals surface area contributed by atoms with Crippen LogP contribution in [0.15, 0.2) is 45.9 Å². The third kappa shape index (κ3) is 6.18. The highest BCUT2D eigenvalue weighted by atomic mass is 16.6. The van der Waals surface area contributed by atoms with E-state index < -0.39 is 11.7 Å². The number of amidine groups is 1. The van der Waals surface area contributed by atoms with Gasteiger partial charge in [0.25, 0.3) is 0 Å². The predicted molar refractivity (Wildman–Crippen MR) is 136 cm³/mol. The molecule has 0 radical (unpaired) electrons. The molecule has 1 aromatic heterocycles. The number of amides is 1. The Labute approximate surface area is 206 Å². The van der Waals surface area contributed by atoms with Crippen LogP contribution in [0.25, 0.3) is 22.2 Å². The van der Waals surface area contributed by atoms with Gasteiger partial charge in [-0.05, 0) is 75.4 Å². The van der Waals surface area contributed by atoms with Crippen molar-refractivity contribution in [3.63, 3.8) is 0 Å². The van der Waals surface area contributed by atoms with Gasteiger partial charge in [0.2, 0.25) is 11.7 Å². The van der Waals surface area contributed by atoms with E-state index in [2.05, 4.69) is 30.1 Å². The Hall–Kier alpha value is -3.42. The van der Waals surface area contributed by atoms with Crippen LogP contribution in [0, 0.1) is 5.92 Å². The molecule has 0 bridgehead atoms. The van der Waals surface area contributed by atoms with E-state index in [1.807, 2.05) is 62.9 Å². The maximum Gasteiger partial charge on any atom is 0.435 e. The summed E-state index contributed by atoms with van der Waals surface area (Å²) in [6, 6.07) is 12.0. The minimum Gasteiger partial charge on any atom is -0.493 e. The van der Waals surface area contributed by atoms with Crippen LogP contribution in [0.5, 0.6) is 5.75 Å². The fraction of sp³-hybridized carbons (Fsp3) is 0.481. The monoisotopic (exact) mass is 478 g/mol. The van der Waals surface area contributed by atoms with Gasteiger partial charge in [0.05, 0.1) is 6.61 Å². The lowest BCUT2D eigenvalue weighted by Crippen LogP contribution is -2.30. The molecule has 2 heterocycles. The highest BCUT2D eigenvalue weighted by molar-refractivity contribution is 5.90. The lowest BCUT2D eigenvalue weighted by Gasteiger charge is -2.24. The van der Waals surface area contributed by atoms with Crippen molar-refractivity contribution in [3.8, 4) is 17.1 Å². The molecule has 186 valence electrons. The SMILES string of the molecule is C/C(=N\C(=O)OC(C)(C)C)N1CCC[C@H]1c1nc(-c2ccc3cc(OCC(C)C)ccc3c2)no1. The van der Waals surface area contributed by atoms with Crippen LogP contribution in [-0.4, -0.2) is 45.7 Å². The number of ether oxygens (including phenoxy) is 2. The lowest BCUT2D eigenvalue weighted by atomic mass is 10.1. The zero-order chi connectivity index (χ0) is 25.2. The first-order chi connectivity index (χ1) is 16.6. The summed E-state index contributed by atoms with van der Waals surface area (Å²) in [5, 5.41) is 6.41. The fourth-order valence-electron chi connectivity index (χ4n) is 4.10. The summed E-state index contributed by atoms with van der Waals surface area (Å²) < 4.78 is 16.8. The van der Waals surface area contributed by atoms with E-state index in [-0.39, 0.29) is 6.04 Å². The molecule has 1 saturated heterocycles. The number of nitrogens with zero attached hydrogens (tertiary/aromatic N) is 4. The van der Waals surface area contributed by atoms with Gasteiger partial charge in [-0.1, -0.05) is 37.2 Å². The summed E-state index contributed by atoms with van der Waals surface area (Å²) >= 11 is 0. The first-order valence-corrected chi connectivity index (χ1v) is 12.1. The number of fused-ring (bicyclic) bond motifs is 1. The highest BCUT2D eigenvalue weighted by Gasteiger charge is 2.32. The van der Waals surface area contributed by atoms with E-state index in [1.165, 1.54) is 0 Å². The Morgan fingerprint density at radius 1 is 1.20 bits per heavy atom. The quantitative estimate of drug-likeness (QED) is 0.309. The third-order valence-electron chi connectivity index (χ3n) is 5.70. The van der Waals surface area contributed by atoms with Crippen LogP contribution in [-0.2, 0) is 4.74 Å². The molecule has 35 heavy (non-hydrogen) atoms. The Morgan fingerprint density at radius 3 is 2.69 bits per heavy atom. The van der Waals surface area contributed by atoms with Crippen LogP contribution < -0.4 is 4.74 Å². The van der Waals surface area contributed by atoms with E-state index in [9.17, 15) is 4.79 Å². The second-order valence-electron chi connectivity index (χ2n) is 10.4. The van der Waals surface area contributed by atoms with Crippen LogP contribution in [0.2, 0.25) is 0 Å². The Morgan fingerprint density at radius 2 is 1.94 bits per heavy atom. The van der Waals surface area contributed by atoms with Gasteiger partial charge in [0.15, 0.2) is 0 Å². The summed E-state index contributed by atoms with van der Waals surface area (Å²) in [6.45, 7) is 13.0. The average Bonchev–Trinajstić information content (AvgIpc) is 3.45. The lowest BCUT2D eigenvalue weighted by molar-refractivity contribution is 0.0601. The molecular formula is C27H34N4O4. The first kappa shape index (κ1) is 24.7. The predicted octanol–water partition coefficient (Wildman–Crippen LogP) is 6.42. The number of aromatic nitrogens is 2. The number of carbonyl (C=O) groups is 1. The van der Waals surface area contributed by atoms with E-state index in [4.69, 9.17) is 19.0 Å². The highest BCUT2D eigenvalue weighted by Crippen LogP contribution is 2.33. The van der Waals surface area contributed by atoms with Crippen molar-refractivity contribution >= 4 is 22.7 Å². The topological polar surface area (TPSA) is 90.0 Å². The normalized spacial score (nSPS) is 16.8. The molecular weight excluding hydrogens is 444 g/mol. The van der Waals surface area contributed by atoms with Gasteiger partial charge in [0, 0.05) is 12.1 Å². The molecule has 3 aromatic rings. The summed E-state index contributed by atoms with van der Waals surface area (Å²) in [4.78, 5) is 23.0. The summed E-state index contributed by atoms with van der Waals surface area (Å²) in [6.07, 6.45) is 1.20. The molecule has 1 aliphatic heterocycles. The summed E-state index contributed by atoms with van der Waals surface area (Å²) in [7, 11) is 0. The van der Waals surface area contributed by atoms with Gasteiger partial charge in [-0.15, -0.1) is 0 Å². The first-order valence-electron chi connectivity index (χ1n) is 12.1. The van der Waals surface area contributed by atoms with Crippen molar-refractivity contribution in [2.75, 3.05) is 13.2 Å². The Bertz CT molecular complexity index is 1230. The number of hydrogen-bond donors (Lipinski definition) is 0. The van der Waals surface area contributed by atoms with Crippen LogP contribution in [0.1, 0.15) is 66.3 Å². The number of hydrogen-bond acceptors (Lipinski definition) is 6. The molecule has 0 N–H and O–H groups in total. The van der Waals surface area contributed by atoms with Gasteiger partial charge in [-0.3, -0.25) is 0 Å². The van der Waals surface area contributed by atoms with Gasteiger partial charge in [0.1, 0.15) is 23.2 Å². The number of aliphatic imine (C=N–C) groups is 1. The smallest absolute Gasteiger partial charge is 0.435 e. The largest absolute Gasteiger partial charge is 0.493 e. The maximum absolute atomic E-state index is 12.2. The van der Waals surface area contributed by atoms with Crippen LogP contribution in [0.3, 0.4) is 0 Å². The molecule has 4 rings (SSSR count). The second kappa shape index (κ2) is 10.1. The molecule has 0 spiro atoms. The van der Waals surface area contributed by atoms with Gasteiger partial charge >= 0.3 is 6.09 Å². The van der Waals surface area contributed by atoms with Crippen molar-refractivity contribution < 1.29 is 18.8 Å². The number of rotatable bonds is 5. The molecule has 1 aliphatic rings. The van der Waals surface area contributed by atoms with Crippen molar-refractivity contribution in [3.05, 3.63) is 42.3 Å². The minimum absolute atomic E-state index is 0.122. The molecule has 1 amide bonds. The van der Waals surface area contributed by atoms with Crippen LogP contribution >= 0.6 is 0 Å². The van der Waals surface area contributed by atoms with Crippen molar-refractivity contribution in [1.29, 1.82) is 0 Å². The molecule has 0 saturated carbocycles. The van der Waals surface area contributed by atoms with E-state index in [0.29, 0.717) is 30.1 Å². The molecule has 8 nitrogen and oxygen atoms in total. The second-order valence-corrected chi connectivity index (χ2v) is 10.4. The van der Waals surface area contributed by atoms with E-state index in [1.54, 1.807) is 0 Å². The number of benzene rings is 2. The summed E-state index contributed by atoms with van der Waals surface area (Å²) in [5.74, 6) is 2.99. The average molecular weight is 479 g/mol. The third-order valence-corrected chi connectivity index (χ3v) is 5.70.